The van der Waals surface area contributed by atoms with Gasteiger partial charge in [0, 0.05) is 4.47 Å². The Morgan fingerprint density at radius 3 is 2.58 bits per heavy atom. The number of halogens is 2. The molecule has 0 aliphatic heterocycles. The van der Waals surface area contributed by atoms with Crippen LogP contribution in [0.3, 0.4) is 0 Å². The van der Waals surface area contributed by atoms with Crippen LogP contribution >= 0.6 is 15.9 Å². The van der Waals surface area contributed by atoms with Crippen molar-refractivity contribution in [1.29, 1.82) is 0 Å². The summed E-state index contributed by atoms with van der Waals surface area (Å²) in [6, 6.07) is 4.38. The fraction of sp³-hybridized carbons (Fsp3) is 0.333. The highest BCUT2D eigenvalue weighted by molar-refractivity contribution is 9.10. The van der Waals surface area contributed by atoms with Crippen LogP contribution in [0.25, 0.3) is 0 Å². The highest BCUT2D eigenvalue weighted by atomic mass is 79.9. The van der Waals surface area contributed by atoms with E-state index in [1.54, 1.807) is 6.07 Å². The zero-order valence-corrected chi connectivity index (χ0v) is 7.94. The molecule has 0 spiro atoms. The molecule has 2 rings (SSSR count). The Hall–Kier alpha value is -0.410. The fourth-order valence-electron chi connectivity index (χ4n) is 1.25. The molecule has 0 amide bonds. The predicted octanol–water partition coefficient (Wildman–Crippen LogP) is 2.57. The molecule has 1 aromatic carbocycles. The topological polar surface area (TPSA) is 20.2 Å². The third-order valence-corrected chi connectivity index (χ3v) is 2.81. The Morgan fingerprint density at radius 1 is 1.42 bits per heavy atom. The Balaban J connectivity index is 2.45. The van der Waals surface area contributed by atoms with Gasteiger partial charge in [-0.2, -0.15) is 0 Å². The second-order valence-electron chi connectivity index (χ2n) is 3.16. The summed E-state index contributed by atoms with van der Waals surface area (Å²) in [6.07, 6.45) is 1.55. The zero-order chi connectivity index (χ0) is 8.77. The van der Waals surface area contributed by atoms with Crippen LogP contribution in [0, 0.1) is 5.82 Å². The molecule has 12 heavy (non-hydrogen) atoms. The van der Waals surface area contributed by atoms with Crippen LogP contribution in [0.2, 0.25) is 0 Å². The monoisotopic (exact) mass is 230 g/mol. The lowest BCUT2D eigenvalue weighted by molar-refractivity contribution is 0.150. The van der Waals surface area contributed by atoms with Crippen molar-refractivity contribution in [2.24, 2.45) is 0 Å². The van der Waals surface area contributed by atoms with Crippen molar-refractivity contribution in [3.63, 3.8) is 0 Å². The minimum Gasteiger partial charge on any atom is -0.385 e. The molecule has 1 N–H and O–H groups in total. The molecule has 0 aromatic heterocycles. The van der Waals surface area contributed by atoms with Gasteiger partial charge >= 0.3 is 0 Å². The maximum absolute atomic E-state index is 12.6. The summed E-state index contributed by atoms with van der Waals surface area (Å²) in [7, 11) is 0. The molecule has 0 bridgehead atoms. The van der Waals surface area contributed by atoms with Crippen molar-refractivity contribution in [2.75, 3.05) is 0 Å². The average molecular weight is 231 g/mol. The number of benzene rings is 1. The van der Waals surface area contributed by atoms with E-state index >= 15 is 0 Å². The van der Waals surface area contributed by atoms with Gasteiger partial charge < -0.3 is 5.11 Å². The second-order valence-corrected chi connectivity index (χ2v) is 4.01. The molecule has 3 heteroatoms. The quantitative estimate of drug-likeness (QED) is 0.787. The first-order valence-corrected chi connectivity index (χ1v) is 4.59. The third-order valence-electron chi connectivity index (χ3n) is 2.16. The largest absolute Gasteiger partial charge is 0.385 e. The molecule has 1 saturated carbocycles. The Kier molecular flexibility index (Phi) is 1.73. The van der Waals surface area contributed by atoms with E-state index in [0.29, 0.717) is 4.47 Å². The van der Waals surface area contributed by atoms with Gasteiger partial charge in [-0.25, -0.2) is 4.39 Å². The first kappa shape index (κ1) is 8.20. The minimum atomic E-state index is -0.688. The predicted molar refractivity (Wildman–Crippen MR) is 47.2 cm³/mol. The van der Waals surface area contributed by atoms with Crippen molar-refractivity contribution in [1.82, 2.24) is 0 Å². The van der Waals surface area contributed by atoms with Crippen LogP contribution in [-0.2, 0) is 5.60 Å². The van der Waals surface area contributed by atoms with Gasteiger partial charge in [0.2, 0.25) is 0 Å². The summed E-state index contributed by atoms with van der Waals surface area (Å²) in [5.74, 6) is -0.283. The Morgan fingerprint density at radius 2 is 2.08 bits per heavy atom. The third kappa shape index (κ3) is 1.27. The normalized spacial score (nSPS) is 19.2. The smallest absolute Gasteiger partial charge is 0.124 e. The number of aliphatic hydroxyl groups is 1. The summed E-state index contributed by atoms with van der Waals surface area (Å²) in [5, 5.41) is 9.72. The second kappa shape index (κ2) is 2.54. The van der Waals surface area contributed by atoms with E-state index in [-0.39, 0.29) is 5.82 Å². The van der Waals surface area contributed by atoms with Gasteiger partial charge in [-0.3, -0.25) is 0 Å². The fourth-order valence-corrected chi connectivity index (χ4v) is 1.97. The first-order valence-electron chi connectivity index (χ1n) is 3.80. The molecule has 0 radical (unpaired) electrons. The van der Waals surface area contributed by atoms with Crippen LogP contribution in [0.5, 0.6) is 0 Å². The lowest BCUT2D eigenvalue weighted by Gasteiger charge is -2.09. The van der Waals surface area contributed by atoms with Crippen molar-refractivity contribution < 1.29 is 9.50 Å². The van der Waals surface area contributed by atoms with E-state index in [2.05, 4.69) is 15.9 Å². The van der Waals surface area contributed by atoms with E-state index in [1.807, 2.05) is 0 Å². The average Bonchev–Trinajstić information content (AvgIpc) is 2.68. The van der Waals surface area contributed by atoms with Gasteiger partial charge in [0.15, 0.2) is 0 Å². The van der Waals surface area contributed by atoms with E-state index in [0.717, 1.165) is 18.4 Å². The van der Waals surface area contributed by atoms with Gasteiger partial charge in [0.05, 0.1) is 5.60 Å². The molecule has 1 aromatic rings. The molecule has 64 valence electrons. The zero-order valence-electron chi connectivity index (χ0n) is 6.35. The molecular weight excluding hydrogens is 223 g/mol. The Bertz CT molecular complexity index is 320. The van der Waals surface area contributed by atoms with E-state index in [9.17, 15) is 9.50 Å². The van der Waals surface area contributed by atoms with Crippen molar-refractivity contribution >= 4 is 15.9 Å². The van der Waals surface area contributed by atoms with Crippen LogP contribution in [0.15, 0.2) is 22.7 Å². The van der Waals surface area contributed by atoms with Gasteiger partial charge in [0.1, 0.15) is 5.82 Å². The standard InChI is InChI=1S/C9H8BrFO/c10-8-5-6(11)1-2-7(8)9(12)3-4-9/h1-2,5,12H,3-4H2. The minimum absolute atomic E-state index is 0.283. The molecule has 1 aliphatic carbocycles. The van der Waals surface area contributed by atoms with Crippen LogP contribution in [-0.4, -0.2) is 5.11 Å². The van der Waals surface area contributed by atoms with Crippen molar-refractivity contribution in [2.45, 2.75) is 18.4 Å². The molecule has 0 heterocycles. The molecule has 0 unspecified atom stereocenters. The summed E-state index contributed by atoms with van der Waals surface area (Å²) in [4.78, 5) is 0. The lowest BCUT2D eigenvalue weighted by atomic mass is 10.1. The SMILES string of the molecule is OC1(c2ccc(F)cc2Br)CC1. The molecule has 1 nitrogen and oxygen atoms in total. The van der Waals surface area contributed by atoms with Gasteiger partial charge in [-0.15, -0.1) is 0 Å². The first-order chi connectivity index (χ1) is 5.62. The van der Waals surface area contributed by atoms with E-state index in [1.165, 1.54) is 12.1 Å². The number of hydrogen-bond acceptors (Lipinski definition) is 1. The van der Waals surface area contributed by atoms with Crippen LogP contribution in [0.1, 0.15) is 18.4 Å². The lowest BCUT2D eigenvalue weighted by Crippen LogP contribution is -2.04. The molecule has 1 fully saturated rings. The van der Waals surface area contributed by atoms with Gasteiger partial charge in [-0.05, 0) is 30.5 Å². The number of hydrogen-bond donors (Lipinski definition) is 1. The molecule has 0 saturated heterocycles. The summed E-state index contributed by atoms with van der Waals surface area (Å²) >= 11 is 3.22. The van der Waals surface area contributed by atoms with Crippen LogP contribution in [0.4, 0.5) is 4.39 Å². The van der Waals surface area contributed by atoms with Crippen molar-refractivity contribution in [3.05, 3.63) is 34.1 Å². The summed E-state index contributed by atoms with van der Waals surface area (Å²) < 4.78 is 13.3. The van der Waals surface area contributed by atoms with Crippen LogP contribution < -0.4 is 0 Å². The van der Waals surface area contributed by atoms with E-state index in [4.69, 9.17) is 0 Å². The summed E-state index contributed by atoms with van der Waals surface area (Å²) in [6.45, 7) is 0. The van der Waals surface area contributed by atoms with Gasteiger partial charge in [-0.1, -0.05) is 22.0 Å². The summed E-state index contributed by atoms with van der Waals surface area (Å²) in [5.41, 5.74) is 0.107. The molecule has 0 atom stereocenters. The van der Waals surface area contributed by atoms with Crippen molar-refractivity contribution in [3.8, 4) is 0 Å². The maximum Gasteiger partial charge on any atom is 0.124 e. The molecular formula is C9H8BrFO. The molecule has 1 aliphatic rings. The highest BCUT2D eigenvalue weighted by Crippen LogP contribution is 2.47. The Labute approximate surface area is 78.3 Å². The number of rotatable bonds is 1. The maximum atomic E-state index is 12.6. The highest BCUT2D eigenvalue weighted by Gasteiger charge is 2.43. The van der Waals surface area contributed by atoms with Gasteiger partial charge in [0.25, 0.3) is 0 Å². The van der Waals surface area contributed by atoms with E-state index < -0.39 is 5.60 Å².